The summed E-state index contributed by atoms with van der Waals surface area (Å²) in [5.41, 5.74) is 0.916. The van der Waals surface area contributed by atoms with Gasteiger partial charge in [0, 0.05) is 24.8 Å². The Morgan fingerprint density at radius 3 is 3.20 bits per heavy atom. The molecule has 4 nitrogen and oxygen atoms in total. The van der Waals surface area contributed by atoms with Gasteiger partial charge in [0.25, 0.3) is 0 Å². The number of methoxy groups -OCH3 is 1. The Hall–Kier alpha value is -1.13. The first-order valence-electron chi connectivity index (χ1n) is 5.10. The molecular weight excluding hydrogens is 194 g/mol. The molecule has 0 aliphatic carbocycles. The summed E-state index contributed by atoms with van der Waals surface area (Å²) in [6, 6.07) is 3.77. The fraction of sp³-hybridized carbons (Fsp3) is 0.545. The SMILES string of the molecule is COc1ncccc1C1CC(O)CCO1. The number of hydrogen-bond donors (Lipinski definition) is 1. The quantitative estimate of drug-likeness (QED) is 0.797. The van der Waals surface area contributed by atoms with E-state index in [1.54, 1.807) is 13.3 Å². The second kappa shape index (κ2) is 4.59. The normalized spacial score (nSPS) is 26.3. The molecule has 0 bridgehead atoms. The summed E-state index contributed by atoms with van der Waals surface area (Å²) < 4.78 is 10.8. The van der Waals surface area contributed by atoms with Crippen LogP contribution in [-0.4, -0.2) is 29.9 Å². The second-order valence-corrected chi connectivity index (χ2v) is 3.64. The maximum atomic E-state index is 9.56. The van der Waals surface area contributed by atoms with Crippen LogP contribution in [0.3, 0.4) is 0 Å². The van der Waals surface area contributed by atoms with E-state index in [0.29, 0.717) is 25.3 Å². The lowest BCUT2D eigenvalue weighted by atomic mass is 10.0. The largest absolute Gasteiger partial charge is 0.481 e. The Kier molecular flexibility index (Phi) is 3.18. The molecule has 2 heterocycles. The van der Waals surface area contributed by atoms with Crippen LogP contribution >= 0.6 is 0 Å². The number of aliphatic hydroxyl groups excluding tert-OH is 1. The van der Waals surface area contributed by atoms with Crippen LogP contribution in [0.1, 0.15) is 24.5 Å². The minimum atomic E-state index is -0.284. The van der Waals surface area contributed by atoms with Crippen molar-refractivity contribution in [1.29, 1.82) is 0 Å². The highest BCUT2D eigenvalue weighted by molar-refractivity contribution is 5.28. The molecule has 1 aliphatic heterocycles. The van der Waals surface area contributed by atoms with Gasteiger partial charge in [0.05, 0.1) is 19.3 Å². The highest BCUT2D eigenvalue weighted by atomic mass is 16.5. The van der Waals surface area contributed by atoms with Crippen molar-refractivity contribution in [2.75, 3.05) is 13.7 Å². The zero-order chi connectivity index (χ0) is 10.7. The molecule has 2 rings (SSSR count). The van der Waals surface area contributed by atoms with Crippen LogP contribution in [0.15, 0.2) is 18.3 Å². The van der Waals surface area contributed by atoms with Crippen LogP contribution in [0.25, 0.3) is 0 Å². The van der Waals surface area contributed by atoms with E-state index in [9.17, 15) is 5.11 Å². The Morgan fingerprint density at radius 2 is 2.47 bits per heavy atom. The fourth-order valence-electron chi connectivity index (χ4n) is 1.81. The predicted octanol–water partition coefficient (Wildman–Crippen LogP) is 1.30. The Labute approximate surface area is 88.9 Å². The van der Waals surface area contributed by atoms with Gasteiger partial charge in [-0.05, 0) is 18.6 Å². The van der Waals surface area contributed by atoms with E-state index in [1.807, 2.05) is 12.1 Å². The first kappa shape index (κ1) is 10.4. The molecule has 4 heteroatoms. The minimum absolute atomic E-state index is 0.0996. The maximum absolute atomic E-state index is 9.56. The molecule has 2 atom stereocenters. The average Bonchev–Trinajstić information content (AvgIpc) is 2.29. The second-order valence-electron chi connectivity index (χ2n) is 3.64. The lowest BCUT2D eigenvalue weighted by molar-refractivity contribution is -0.0457. The van der Waals surface area contributed by atoms with Crippen molar-refractivity contribution in [1.82, 2.24) is 4.98 Å². The van der Waals surface area contributed by atoms with Gasteiger partial charge < -0.3 is 14.6 Å². The molecule has 0 saturated carbocycles. The summed E-state index contributed by atoms with van der Waals surface area (Å²) in [6.07, 6.45) is 2.62. The van der Waals surface area contributed by atoms with E-state index in [4.69, 9.17) is 9.47 Å². The first-order valence-corrected chi connectivity index (χ1v) is 5.10. The molecule has 2 unspecified atom stereocenters. The zero-order valence-corrected chi connectivity index (χ0v) is 8.72. The molecule has 15 heavy (non-hydrogen) atoms. The van der Waals surface area contributed by atoms with Crippen molar-refractivity contribution < 1.29 is 14.6 Å². The Balaban J connectivity index is 2.20. The van der Waals surface area contributed by atoms with Crippen LogP contribution in [-0.2, 0) is 4.74 Å². The molecule has 1 saturated heterocycles. The van der Waals surface area contributed by atoms with Gasteiger partial charge >= 0.3 is 0 Å². The number of ether oxygens (including phenoxy) is 2. The van der Waals surface area contributed by atoms with Crippen LogP contribution in [0.5, 0.6) is 5.88 Å². The van der Waals surface area contributed by atoms with Gasteiger partial charge in [-0.15, -0.1) is 0 Å². The van der Waals surface area contributed by atoms with Gasteiger partial charge in [-0.25, -0.2) is 4.98 Å². The number of aliphatic hydroxyl groups is 1. The number of nitrogens with zero attached hydrogens (tertiary/aromatic N) is 1. The summed E-state index contributed by atoms with van der Waals surface area (Å²) >= 11 is 0. The summed E-state index contributed by atoms with van der Waals surface area (Å²) in [5.74, 6) is 0.580. The van der Waals surface area contributed by atoms with Gasteiger partial charge in [0.1, 0.15) is 0 Å². The summed E-state index contributed by atoms with van der Waals surface area (Å²) in [5, 5.41) is 9.56. The minimum Gasteiger partial charge on any atom is -0.481 e. The van der Waals surface area contributed by atoms with Gasteiger partial charge in [-0.3, -0.25) is 0 Å². The lowest BCUT2D eigenvalue weighted by Crippen LogP contribution is -2.23. The monoisotopic (exact) mass is 209 g/mol. The highest BCUT2D eigenvalue weighted by Gasteiger charge is 2.25. The van der Waals surface area contributed by atoms with E-state index < -0.39 is 0 Å². The van der Waals surface area contributed by atoms with E-state index >= 15 is 0 Å². The standard InChI is InChI=1S/C11H15NO3/c1-14-11-9(3-2-5-12-11)10-7-8(13)4-6-15-10/h2-3,5,8,10,13H,4,6-7H2,1H3. The van der Waals surface area contributed by atoms with Crippen molar-refractivity contribution in [3.05, 3.63) is 23.9 Å². The highest BCUT2D eigenvalue weighted by Crippen LogP contribution is 2.32. The topological polar surface area (TPSA) is 51.6 Å². The number of hydrogen-bond acceptors (Lipinski definition) is 4. The summed E-state index contributed by atoms with van der Waals surface area (Å²) in [6.45, 7) is 0.587. The molecule has 1 aliphatic rings. The van der Waals surface area contributed by atoms with Crippen molar-refractivity contribution >= 4 is 0 Å². The third kappa shape index (κ3) is 2.27. The molecule has 0 aromatic carbocycles. The van der Waals surface area contributed by atoms with Crippen LogP contribution < -0.4 is 4.74 Å². The molecule has 1 aromatic rings. The van der Waals surface area contributed by atoms with Crippen molar-refractivity contribution in [2.24, 2.45) is 0 Å². The molecule has 0 spiro atoms. The van der Waals surface area contributed by atoms with Crippen molar-refractivity contribution in [2.45, 2.75) is 25.0 Å². The third-order valence-electron chi connectivity index (χ3n) is 2.60. The maximum Gasteiger partial charge on any atom is 0.218 e. The van der Waals surface area contributed by atoms with Gasteiger partial charge in [-0.1, -0.05) is 0 Å². The smallest absolute Gasteiger partial charge is 0.218 e. The summed E-state index contributed by atoms with van der Waals surface area (Å²) in [7, 11) is 1.59. The number of aromatic nitrogens is 1. The molecular formula is C11H15NO3. The van der Waals surface area contributed by atoms with E-state index in [1.165, 1.54) is 0 Å². The van der Waals surface area contributed by atoms with Gasteiger partial charge in [-0.2, -0.15) is 0 Å². The molecule has 1 N–H and O–H groups in total. The van der Waals surface area contributed by atoms with Crippen LogP contribution in [0.2, 0.25) is 0 Å². The number of pyridine rings is 1. The fourth-order valence-corrected chi connectivity index (χ4v) is 1.81. The van der Waals surface area contributed by atoms with E-state index in [0.717, 1.165) is 5.56 Å². The number of rotatable bonds is 2. The van der Waals surface area contributed by atoms with Crippen LogP contribution in [0.4, 0.5) is 0 Å². The van der Waals surface area contributed by atoms with Crippen molar-refractivity contribution in [3.8, 4) is 5.88 Å². The lowest BCUT2D eigenvalue weighted by Gasteiger charge is -2.27. The van der Waals surface area contributed by atoms with E-state index in [2.05, 4.69) is 4.98 Å². The van der Waals surface area contributed by atoms with Gasteiger partial charge in [0.2, 0.25) is 5.88 Å². The Morgan fingerprint density at radius 1 is 1.60 bits per heavy atom. The van der Waals surface area contributed by atoms with Crippen molar-refractivity contribution in [3.63, 3.8) is 0 Å². The zero-order valence-electron chi connectivity index (χ0n) is 8.72. The van der Waals surface area contributed by atoms with Gasteiger partial charge in [0.15, 0.2) is 0 Å². The van der Waals surface area contributed by atoms with Crippen LogP contribution in [0, 0.1) is 0 Å². The molecule has 82 valence electrons. The average molecular weight is 209 g/mol. The molecule has 1 fully saturated rings. The first-order chi connectivity index (χ1) is 7.31. The Bertz CT molecular complexity index is 329. The van der Waals surface area contributed by atoms with E-state index in [-0.39, 0.29) is 12.2 Å². The summed E-state index contributed by atoms with van der Waals surface area (Å²) in [4.78, 5) is 4.11. The molecule has 0 radical (unpaired) electrons. The molecule has 0 amide bonds. The third-order valence-corrected chi connectivity index (χ3v) is 2.60. The predicted molar refractivity (Wildman–Crippen MR) is 54.7 cm³/mol. The molecule has 1 aromatic heterocycles.